The number of benzene rings is 1. The van der Waals surface area contributed by atoms with E-state index in [2.05, 4.69) is 25.1 Å². The quantitative estimate of drug-likeness (QED) is 0.472. The SMILES string of the molecule is O=S(=O)(Oc1cccc2ccc(CBr)nc12)C(F)(F)F. The number of halogens is 4. The van der Waals surface area contributed by atoms with E-state index in [0.29, 0.717) is 16.4 Å². The van der Waals surface area contributed by atoms with Crippen LogP contribution in [0.5, 0.6) is 5.75 Å². The Morgan fingerprint density at radius 1 is 1.20 bits per heavy atom. The Morgan fingerprint density at radius 3 is 2.50 bits per heavy atom. The molecule has 2 aromatic rings. The first kappa shape index (κ1) is 15.0. The molecule has 9 heteroatoms. The zero-order chi connectivity index (χ0) is 15.0. The number of pyridine rings is 1. The number of para-hydroxylation sites is 1. The van der Waals surface area contributed by atoms with Crippen molar-refractivity contribution in [3.05, 3.63) is 36.0 Å². The highest BCUT2D eigenvalue weighted by Gasteiger charge is 2.48. The molecule has 0 saturated carbocycles. The Bertz CT molecular complexity index is 746. The molecule has 0 aliphatic rings. The van der Waals surface area contributed by atoms with Gasteiger partial charge in [-0.3, -0.25) is 0 Å². The monoisotopic (exact) mass is 369 g/mol. The van der Waals surface area contributed by atoms with Crippen molar-refractivity contribution in [1.82, 2.24) is 4.98 Å². The summed E-state index contributed by atoms with van der Waals surface area (Å²) in [4.78, 5) is 4.06. The van der Waals surface area contributed by atoms with Crippen LogP contribution in [-0.4, -0.2) is 18.9 Å². The molecular weight excluding hydrogens is 363 g/mol. The molecule has 4 nitrogen and oxygen atoms in total. The maximum atomic E-state index is 12.3. The largest absolute Gasteiger partial charge is 0.534 e. The minimum absolute atomic E-state index is 0.0530. The van der Waals surface area contributed by atoms with Crippen LogP contribution in [0.15, 0.2) is 30.3 Å². The van der Waals surface area contributed by atoms with Crippen molar-refractivity contribution in [2.75, 3.05) is 0 Å². The highest BCUT2D eigenvalue weighted by atomic mass is 79.9. The third-order valence-electron chi connectivity index (χ3n) is 2.36. The molecule has 0 bridgehead atoms. The van der Waals surface area contributed by atoms with Gasteiger partial charge in [-0.05, 0) is 12.1 Å². The number of fused-ring (bicyclic) bond motifs is 1. The van der Waals surface area contributed by atoms with E-state index in [1.807, 2.05) is 0 Å². The molecule has 0 spiro atoms. The summed E-state index contributed by atoms with van der Waals surface area (Å²) in [6.07, 6.45) is 0. The zero-order valence-electron chi connectivity index (χ0n) is 9.69. The molecule has 1 aromatic carbocycles. The van der Waals surface area contributed by atoms with Gasteiger partial charge in [0.25, 0.3) is 0 Å². The molecule has 0 aliphatic heterocycles. The Labute approximate surface area is 120 Å². The molecule has 0 atom stereocenters. The second kappa shape index (κ2) is 5.21. The predicted octanol–water partition coefficient (Wildman–Crippen LogP) is 3.36. The van der Waals surface area contributed by atoms with Gasteiger partial charge in [-0.15, -0.1) is 0 Å². The van der Waals surface area contributed by atoms with Crippen molar-refractivity contribution in [2.24, 2.45) is 0 Å². The van der Waals surface area contributed by atoms with E-state index >= 15 is 0 Å². The van der Waals surface area contributed by atoms with Crippen LogP contribution in [0, 0.1) is 0 Å². The van der Waals surface area contributed by atoms with Gasteiger partial charge in [-0.1, -0.05) is 34.1 Å². The molecular formula is C11H7BrF3NO3S. The molecule has 2 rings (SSSR count). The molecule has 0 aliphatic carbocycles. The number of alkyl halides is 4. The molecule has 108 valence electrons. The fourth-order valence-electron chi connectivity index (χ4n) is 1.47. The van der Waals surface area contributed by atoms with Gasteiger partial charge < -0.3 is 4.18 Å². The molecule has 0 amide bonds. The van der Waals surface area contributed by atoms with E-state index in [0.717, 1.165) is 6.07 Å². The summed E-state index contributed by atoms with van der Waals surface area (Å²) in [6, 6.07) is 7.38. The van der Waals surface area contributed by atoms with Crippen molar-refractivity contribution >= 4 is 37.0 Å². The van der Waals surface area contributed by atoms with Crippen LogP contribution in [0.1, 0.15) is 5.69 Å². The van der Waals surface area contributed by atoms with Gasteiger partial charge in [0.2, 0.25) is 0 Å². The number of hydrogen-bond donors (Lipinski definition) is 0. The van der Waals surface area contributed by atoms with Gasteiger partial charge >= 0.3 is 15.6 Å². The minimum atomic E-state index is -5.71. The highest BCUT2D eigenvalue weighted by Crippen LogP contribution is 2.31. The lowest BCUT2D eigenvalue weighted by Crippen LogP contribution is -2.28. The van der Waals surface area contributed by atoms with Crippen LogP contribution in [-0.2, 0) is 15.4 Å². The predicted molar refractivity (Wildman–Crippen MR) is 70.0 cm³/mol. The molecule has 1 aromatic heterocycles. The Kier molecular flexibility index (Phi) is 3.92. The van der Waals surface area contributed by atoms with E-state index in [4.69, 9.17) is 0 Å². The lowest BCUT2D eigenvalue weighted by Gasteiger charge is -2.11. The first-order valence-electron chi connectivity index (χ1n) is 5.20. The van der Waals surface area contributed by atoms with Crippen LogP contribution in [0.3, 0.4) is 0 Å². The summed E-state index contributed by atoms with van der Waals surface area (Å²) < 4.78 is 63.2. The van der Waals surface area contributed by atoms with Crippen molar-refractivity contribution < 1.29 is 25.8 Å². The third-order valence-corrected chi connectivity index (χ3v) is 3.90. The van der Waals surface area contributed by atoms with Crippen LogP contribution < -0.4 is 4.18 Å². The fraction of sp³-hybridized carbons (Fsp3) is 0.182. The number of hydrogen-bond acceptors (Lipinski definition) is 4. The smallest absolute Gasteiger partial charge is 0.374 e. The van der Waals surface area contributed by atoms with Gasteiger partial charge in [0, 0.05) is 10.7 Å². The summed E-state index contributed by atoms with van der Waals surface area (Å²) in [5, 5.41) is 0.855. The number of aromatic nitrogens is 1. The van der Waals surface area contributed by atoms with Crippen LogP contribution >= 0.6 is 15.9 Å². The highest BCUT2D eigenvalue weighted by molar-refractivity contribution is 9.08. The summed E-state index contributed by atoms with van der Waals surface area (Å²) in [7, 11) is -5.71. The molecule has 1 heterocycles. The standard InChI is InChI=1S/C11H7BrF3NO3S/c12-6-8-5-4-7-2-1-3-9(10(7)16-8)19-20(17,18)11(13,14)15/h1-5H,6H2. The first-order valence-corrected chi connectivity index (χ1v) is 7.73. The van der Waals surface area contributed by atoms with Crippen molar-refractivity contribution in [2.45, 2.75) is 10.8 Å². The molecule has 0 unspecified atom stereocenters. The lowest BCUT2D eigenvalue weighted by atomic mass is 10.2. The summed E-state index contributed by atoms with van der Waals surface area (Å²) in [6.45, 7) is 0. The average molecular weight is 370 g/mol. The van der Waals surface area contributed by atoms with E-state index in [1.54, 1.807) is 18.2 Å². The second-order valence-electron chi connectivity index (χ2n) is 3.75. The Morgan fingerprint density at radius 2 is 1.90 bits per heavy atom. The Balaban J connectivity index is 2.55. The summed E-state index contributed by atoms with van der Waals surface area (Å²) >= 11 is 3.16. The molecule has 20 heavy (non-hydrogen) atoms. The van der Waals surface area contributed by atoms with E-state index in [9.17, 15) is 21.6 Å². The number of nitrogens with zero attached hydrogens (tertiary/aromatic N) is 1. The maximum absolute atomic E-state index is 12.3. The normalized spacial score (nSPS) is 12.6. The van der Waals surface area contributed by atoms with Crippen LogP contribution in [0.2, 0.25) is 0 Å². The molecule has 0 fully saturated rings. The van der Waals surface area contributed by atoms with Crippen molar-refractivity contribution in [3.8, 4) is 5.75 Å². The van der Waals surface area contributed by atoms with E-state index in [-0.39, 0.29) is 5.52 Å². The topological polar surface area (TPSA) is 56.3 Å². The summed E-state index contributed by atoms with van der Waals surface area (Å²) in [5.41, 5.74) is -4.89. The van der Waals surface area contributed by atoms with E-state index in [1.165, 1.54) is 6.07 Å². The van der Waals surface area contributed by atoms with Crippen molar-refractivity contribution in [1.29, 1.82) is 0 Å². The fourth-order valence-corrected chi connectivity index (χ4v) is 2.25. The molecule has 0 radical (unpaired) electrons. The van der Waals surface area contributed by atoms with Gasteiger partial charge in [0.1, 0.15) is 5.52 Å². The lowest BCUT2D eigenvalue weighted by molar-refractivity contribution is -0.0499. The minimum Gasteiger partial charge on any atom is -0.374 e. The van der Waals surface area contributed by atoms with Crippen LogP contribution in [0.25, 0.3) is 10.9 Å². The van der Waals surface area contributed by atoms with Gasteiger partial charge in [0.15, 0.2) is 5.75 Å². The van der Waals surface area contributed by atoms with Crippen molar-refractivity contribution in [3.63, 3.8) is 0 Å². The second-order valence-corrected chi connectivity index (χ2v) is 5.85. The average Bonchev–Trinajstić information content (AvgIpc) is 2.37. The van der Waals surface area contributed by atoms with E-state index < -0.39 is 21.4 Å². The van der Waals surface area contributed by atoms with Gasteiger partial charge in [0.05, 0.1) is 5.69 Å². The number of rotatable bonds is 3. The van der Waals surface area contributed by atoms with Gasteiger partial charge in [-0.25, -0.2) is 4.98 Å². The molecule has 0 saturated heterocycles. The third kappa shape index (κ3) is 2.88. The first-order chi connectivity index (χ1) is 9.24. The zero-order valence-corrected chi connectivity index (χ0v) is 12.1. The maximum Gasteiger partial charge on any atom is 0.534 e. The van der Waals surface area contributed by atoms with Crippen LogP contribution in [0.4, 0.5) is 13.2 Å². The molecule has 0 N–H and O–H groups in total. The summed E-state index contributed by atoms with van der Waals surface area (Å²) in [5.74, 6) is -0.456. The Hall–Kier alpha value is -1.35. The van der Waals surface area contributed by atoms with Gasteiger partial charge in [-0.2, -0.15) is 21.6 Å².